The molecular formula is C14H21N3O2S. The molecule has 3 N–H and O–H groups in total. The van der Waals surface area contributed by atoms with Gasteiger partial charge in [-0.1, -0.05) is 0 Å². The summed E-state index contributed by atoms with van der Waals surface area (Å²) in [6.45, 7) is 4.98. The topological polar surface area (TPSA) is 77.1 Å². The lowest BCUT2D eigenvalue weighted by Gasteiger charge is -2.23. The molecule has 2 atom stereocenters. The van der Waals surface area contributed by atoms with E-state index in [0.29, 0.717) is 6.42 Å². The molecule has 1 aliphatic rings. The highest BCUT2D eigenvalue weighted by Crippen LogP contribution is 2.24. The second-order valence-electron chi connectivity index (χ2n) is 5.16. The number of aryl methyl sites for hydroxylation is 2. The van der Waals surface area contributed by atoms with Crippen molar-refractivity contribution in [3.05, 3.63) is 23.5 Å². The van der Waals surface area contributed by atoms with Gasteiger partial charge < -0.3 is 15.6 Å². The van der Waals surface area contributed by atoms with Crippen LogP contribution in [0.2, 0.25) is 0 Å². The zero-order valence-electron chi connectivity index (χ0n) is 11.9. The lowest BCUT2D eigenvalue weighted by molar-refractivity contribution is -0.126. The summed E-state index contributed by atoms with van der Waals surface area (Å²) >= 11 is 1.66. The van der Waals surface area contributed by atoms with Crippen molar-refractivity contribution < 1.29 is 9.59 Å². The molecule has 1 saturated heterocycles. The molecule has 0 aliphatic carbocycles. The molecule has 0 radical (unpaired) electrons. The molecule has 1 aliphatic heterocycles. The number of nitrogens with one attached hydrogen (secondary N) is 1. The van der Waals surface area contributed by atoms with Crippen LogP contribution in [0.5, 0.6) is 0 Å². The van der Waals surface area contributed by atoms with Gasteiger partial charge in [-0.15, -0.1) is 0 Å². The summed E-state index contributed by atoms with van der Waals surface area (Å²) in [4.78, 5) is 23.1. The van der Waals surface area contributed by atoms with E-state index in [-0.39, 0.29) is 11.2 Å². The molecule has 6 heteroatoms. The predicted octanol–water partition coefficient (Wildman–Crippen LogP) is 0.971. The molecule has 0 aromatic carbocycles. The van der Waals surface area contributed by atoms with Crippen molar-refractivity contribution in [1.29, 1.82) is 0 Å². The molecule has 2 rings (SSSR count). The van der Waals surface area contributed by atoms with Crippen LogP contribution in [0, 0.1) is 13.8 Å². The van der Waals surface area contributed by atoms with E-state index >= 15 is 0 Å². The van der Waals surface area contributed by atoms with Crippen LogP contribution in [-0.2, 0) is 16.1 Å². The van der Waals surface area contributed by atoms with E-state index in [1.165, 1.54) is 11.4 Å². The van der Waals surface area contributed by atoms with E-state index < -0.39 is 11.9 Å². The van der Waals surface area contributed by atoms with Crippen LogP contribution in [0.4, 0.5) is 0 Å². The Morgan fingerprint density at radius 2 is 2.10 bits per heavy atom. The second kappa shape index (κ2) is 6.35. The largest absolute Gasteiger partial charge is 0.368 e. The normalized spacial score (nSPS) is 23.2. The summed E-state index contributed by atoms with van der Waals surface area (Å²) < 4.78 is 2.23. The van der Waals surface area contributed by atoms with Crippen LogP contribution in [0.3, 0.4) is 0 Å². The Balaban J connectivity index is 2.05. The molecule has 110 valence electrons. The molecule has 1 aromatic heterocycles. The summed E-state index contributed by atoms with van der Waals surface area (Å²) in [6.07, 6.45) is 1.27. The molecule has 5 nitrogen and oxygen atoms in total. The van der Waals surface area contributed by atoms with Crippen LogP contribution >= 0.6 is 11.8 Å². The Morgan fingerprint density at radius 1 is 1.45 bits per heavy atom. The lowest BCUT2D eigenvalue weighted by Crippen LogP contribution is -2.49. The number of carbonyl (C=O) groups is 2. The van der Waals surface area contributed by atoms with E-state index in [9.17, 15) is 9.59 Å². The van der Waals surface area contributed by atoms with E-state index in [1.807, 2.05) is 0 Å². The number of carbonyl (C=O) groups excluding carboxylic acids is 2. The Morgan fingerprint density at radius 3 is 2.70 bits per heavy atom. The highest BCUT2D eigenvalue weighted by Gasteiger charge is 2.31. The third-order valence-electron chi connectivity index (χ3n) is 3.71. The number of nitrogens with zero attached hydrogens (tertiary/aromatic N) is 1. The van der Waals surface area contributed by atoms with Gasteiger partial charge in [0.15, 0.2) is 0 Å². The quantitative estimate of drug-likeness (QED) is 0.869. The fraction of sp³-hybridized carbons (Fsp3) is 0.571. The van der Waals surface area contributed by atoms with Crippen molar-refractivity contribution in [2.45, 2.75) is 44.5 Å². The standard InChI is InChI=1S/C14H21N3O2S/c1-9-3-4-10(2)17(9)7-5-11-13(14(15)19)16-12(18)6-8-20-11/h3-4,11,13H,5-8H2,1-2H3,(H2,15,19)(H,16,18). The molecular weight excluding hydrogens is 274 g/mol. The van der Waals surface area contributed by atoms with Crippen molar-refractivity contribution in [3.8, 4) is 0 Å². The van der Waals surface area contributed by atoms with Crippen LogP contribution in [0.1, 0.15) is 24.2 Å². The molecule has 20 heavy (non-hydrogen) atoms. The van der Waals surface area contributed by atoms with Gasteiger partial charge in [0, 0.05) is 35.4 Å². The predicted molar refractivity (Wildman–Crippen MR) is 80.5 cm³/mol. The van der Waals surface area contributed by atoms with E-state index in [4.69, 9.17) is 5.73 Å². The van der Waals surface area contributed by atoms with Gasteiger partial charge in [0.1, 0.15) is 6.04 Å². The first-order valence-electron chi connectivity index (χ1n) is 6.82. The Bertz CT molecular complexity index is 493. The first kappa shape index (κ1) is 15.0. The maximum Gasteiger partial charge on any atom is 0.241 e. The first-order valence-corrected chi connectivity index (χ1v) is 7.87. The molecule has 0 bridgehead atoms. The monoisotopic (exact) mass is 295 g/mol. The minimum Gasteiger partial charge on any atom is -0.368 e. The Kier molecular flexibility index (Phi) is 4.75. The number of thioether (sulfide) groups is 1. The third-order valence-corrected chi connectivity index (χ3v) is 5.09. The maximum atomic E-state index is 11.5. The summed E-state index contributed by atoms with van der Waals surface area (Å²) in [5.41, 5.74) is 7.84. The van der Waals surface area contributed by atoms with Crippen LogP contribution in [-0.4, -0.2) is 33.4 Å². The van der Waals surface area contributed by atoms with Crippen LogP contribution in [0.25, 0.3) is 0 Å². The van der Waals surface area contributed by atoms with Crippen LogP contribution < -0.4 is 11.1 Å². The summed E-state index contributed by atoms with van der Waals surface area (Å²) in [7, 11) is 0. The molecule has 0 spiro atoms. The van der Waals surface area contributed by atoms with E-state index in [2.05, 4.69) is 35.9 Å². The minimum atomic E-state index is -0.564. The summed E-state index contributed by atoms with van der Waals surface area (Å²) in [5.74, 6) is 0.208. The van der Waals surface area contributed by atoms with Crippen LogP contribution in [0.15, 0.2) is 12.1 Å². The zero-order valence-corrected chi connectivity index (χ0v) is 12.7. The van der Waals surface area contributed by atoms with E-state index in [1.54, 1.807) is 11.8 Å². The van der Waals surface area contributed by atoms with Crippen molar-refractivity contribution >= 4 is 23.6 Å². The number of hydrogen-bond acceptors (Lipinski definition) is 3. The minimum absolute atomic E-state index is 0.0418. The molecule has 0 saturated carbocycles. The summed E-state index contributed by atoms with van der Waals surface area (Å²) in [6, 6.07) is 3.61. The smallest absolute Gasteiger partial charge is 0.241 e. The fourth-order valence-corrected chi connectivity index (χ4v) is 3.82. The average Bonchev–Trinajstić information content (AvgIpc) is 2.60. The number of primary amides is 1. The van der Waals surface area contributed by atoms with Gasteiger partial charge in [-0.2, -0.15) is 11.8 Å². The molecule has 2 heterocycles. The highest BCUT2D eigenvalue weighted by molar-refractivity contribution is 8.00. The Hall–Kier alpha value is -1.43. The van der Waals surface area contributed by atoms with Crippen molar-refractivity contribution in [2.75, 3.05) is 5.75 Å². The molecule has 2 unspecified atom stereocenters. The third kappa shape index (κ3) is 3.36. The van der Waals surface area contributed by atoms with Gasteiger partial charge in [0.2, 0.25) is 11.8 Å². The van der Waals surface area contributed by atoms with Gasteiger partial charge in [-0.05, 0) is 32.4 Å². The fourth-order valence-electron chi connectivity index (χ4n) is 2.55. The number of hydrogen-bond donors (Lipinski definition) is 2. The molecule has 1 aromatic rings. The number of aromatic nitrogens is 1. The Labute approximate surface area is 123 Å². The van der Waals surface area contributed by atoms with Gasteiger partial charge in [0.25, 0.3) is 0 Å². The number of amides is 2. The van der Waals surface area contributed by atoms with Crippen molar-refractivity contribution in [3.63, 3.8) is 0 Å². The van der Waals surface area contributed by atoms with Gasteiger partial charge >= 0.3 is 0 Å². The average molecular weight is 295 g/mol. The number of nitrogens with two attached hydrogens (primary N) is 1. The van der Waals surface area contributed by atoms with Gasteiger partial charge in [0.05, 0.1) is 0 Å². The molecule has 2 amide bonds. The first-order chi connectivity index (χ1) is 9.49. The number of rotatable bonds is 4. The van der Waals surface area contributed by atoms with Crippen molar-refractivity contribution in [1.82, 2.24) is 9.88 Å². The van der Waals surface area contributed by atoms with Gasteiger partial charge in [-0.25, -0.2) is 0 Å². The maximum absolute atomic E-state index is 11.5. The summed E-state index contributed by atoms with van der Waals surface area (Å²) in [5, 5.41) is 2.79. The highest BCUT2D eigenvalue weighted by atomic mass is 32.2. The van der Waals surface area contributed by atoms with E-state index in [0.717, 1.165) is 18.7 Å². The molecule has 1 fully saturated rings. The van der Waals surface area contributed by atoms with Crippen molar-refractivity contribution in [2.24, 2.45) is 5.73 Å². The lowest BCUT2D eigenvalue weighted by atomic mass is 10.1. The zero-order chi connectivity index (χ0) is 14.7. The van der Waals surface area contributed by atoms with Gasteiger partial charge in [-0.3, -0.25) is 9.59 Å². The SMILES string of the molecule is Cc1ccc(C)n1CCC1SCCC(=O)NC1C(N)=O. The second-order valence-corrected chi connectivity index (χ2v) is 6.51.